The SMILES string of the molecule is O=C(O)C(F)(F)F.c1ccc2oc(N3CCCNCC3)nc2c1. The van der Waals surface area contributed by atoms with Crippen molar-refractivity contribution < 1.29 is 27.5 Å². The molecule has 0 unspecified atom stereocenters. The summed E-state index contributed by atoms with van der Waals surface area (Å²) in [6.45, 7) is 4.06. The average Bonchev–Trinajstić information content (AvgIpc) is 2.73. The topological polar surface area (TPSA) is 78.6 Å². The Morgan fingerprint density at radius 1 is 1.26 bits per heavy atom. The van der Waals surface area contributed by atoms with Crippen LogP contribution in [0.15, 0.2) is 28.7 Å². The smallest absolute Gasteiger partial charge is 0.475 e. The van der Waals surface area contributed by atoms with E-state index in [0.717, 1.165) is 49.7 Å². The van der Waals surface area contributed by atoms with Gasteiger partial charge in [-0.15, -0.1) is 0 Å². The lowest BCUT2D eigenvalue weighted by Crippen LogP contribution is -2.27. The van der Waals surface area contributed by atoms with Crippen molar-refractivity contribution in [1.29, 1.82) is 0 Å². The maximum atomic E-state index is 10.6. The molecule has 0 aliphatic carbocycles. The van der Waals surface area contributed by atoms with Gasteiger partial charge in [0.15, 0.2) is 5.58 Å². The number of rotatable bonds is 1. The van der Waals surface area contributed by atoms with E-state index >= 15 is 0 Å². The van der Waals surface area contributed by atoms with Crippen LogP contribution in [-0.4, -0.2) is 48.4 Å². The van der Waals surface area contributed by atoms with Gasteiger partial charge in [0.25, 0.3) is 6.01 Å². The number of alkyl halides is 3. The van der Waals surface area contributed by atoms with E-state index in [1.807, 2.05) is 24.3 Å². The Hall–Kier alpha value is -2.29. The molecule has 2 N–H and O–H groups in total. The third-order valence-electron chi connectivity index (χ3n) is 3.14. The molecule has 1 aliphatic heterocycles. The van der Waals surface area contributed by atoms with Crippen molar-refractivity contribution in [3.05, 3.63) is 24.3 Å². The van der Waals surface area contributed by atoms with Crippen LogP contribution in [0.2, 0.25) is 0 Å². The number of hydrogen-bond donors (Lipinski definition) is 2. The molecule has 0 saturated carbocycles. The van der Waals surface area contributed by atoms with E-state index in [4.69, 9.17) is 14.3 Å². The summed E-state index contributed by atoms with van der Waals surface area (Å²) >= 11 is 0. The third-order valence-corrected chi connectivity index (χ3v) is 3.14. The van der Waals surface area contributed by atoms with Gasteiger partial charge in [0.1, 0.15) is 5.52 Å². The molecule has 0 spiro atoms. The number of aliphatic carboxylic acids is 1. The minimum Gasteiger partial charge on any atom is -0.475 e. The molecule has 1 aromatic heterocycles. The van der Waals surface area contributed by atoms with Gasteiger partial charge in [-0.05, 0) is 25.1 Å². The van der Waals surface area contributed by atoms with E-state index in [1.54, 1.807) is 0 Å². The molecule has 1 fully saturated rings. The zero-order chi connectivity index (χ0) is 16.9. The lowest BCUT2D eigenvalue weighted by atomic mass is 10.3. The van der Waals surface area contributed by atoms with E-state index in [0.29, 0.717) is 0 Å². The highest BCUT2D eigenvalue weighted by molar-refractivity contribution is 5.74. The number of halogens is 3. The second kappa shape index (κ2) is 7.32. The predicted octanol–water partition coefficient (Wildman–Crippen LogP) is 2.26. The quantitative estimate of drug-likeness (QED) is 0.834. The van der Waals surface area contributed by atoms with Crippen molar-refractivity contribution in [2.75, 3.05) is 31.1 Å². The number of aromatic nitrogens is 1. The van der Waals surface area contributed by atoms with Gasteiger partial charge in [-0.25, -0.2) is 4.79 Å². The van der Waals surface area contributed by atoms with Gasteiger partial charge in [-0.1, -0.05) is 12.1 Å². The van der Waals surface area contributed by atoms with Crippen molar-refractivity contribution in [1.82, 2.24) is 10.3 Å². The van der Waals surface area contributed by atoms with Gasteiger partial charge in [0, 0.05) is 19.6 Å². The number of carbonyl (C=O) groups is 1. The van der Waals surface area contributed by atoms with E-state index < -0.39 is 12.1 Å². The van der Waals surface area contributed by atoms with Crippen LogP contribution in [0.3, 0.4) is 0 Å². The minimum absolute atomic E-state index is 0.755. The van der Waals surface area contributed by atoms with Crippen LogP contribution in [0.5, 0.6) is 0 Å². The number of anilines is 1. The average molecular weight is 331 g/mol. The first-order chi connectivity index (χ1) is 10.9. The standard InChI is InChI=1S/C12H15N3O.C2HF3O2/c1-2-5-11-10(4-1)14-12(16-11)15-8-3-6-13-7-9-15;3-2(4,5)1(6)7/h1-2,4-5,13H,3,6-9H2;(H,6,7). The van der Waals surface area contributed by atoms with Gasteiger partial charge in [-0.2, -0.15) is 18.2 Å². The second-order valence-corrected chi connectivity index (χ2v) is 4.86. The molecule has 0 atom stereocenters. The van der Waals surface area contributed by atoms with Crippen LogP contribution in [0.4, 0.5) is 19.2 Å². The number of benzene rings is 1. The van der Waals surface area contributed by atoms with Gasteiger partial charge in [-0.3, -0.25) is 0 Å². The molecule has 6 nitrogen and oxygen atoms in total. The molecule has 2 aromatic rings. The summed E-state index contributed by atoms with van der Waals surface area (Å²) in [5.41, 5.74) is 1.81. The molecule has 23 heavy (non-hydrogen) atoms. The van der Waals surface area contributed by atoms with Crippen LogP contribution in [0.1, 0.15) is 6.42 Å². The summed E-state index contributed by atoms with van der Waals surface area (Å²) < 4.78 is 37.5. The van der Waals surface area contributed by atoms with E-state index in [-0.39, 0.29) is 0 Å². The van der Waals surface area contributed by atoms with Crippen LogP contribution in [0.25, 0.3) is 11.1 Å². The number of fused-ring (bicyclic) bond motifs is 1. The molecular weight excluding hydrogens is 315 g/mol. The zero-order valence-corrected chi connectivity index (χ0v) is 12.1. The summed E-state index contributed by atoms with van der Waals surface area (Å²) in [7, 11) is 0. The molecule has 126 valence electrons. The number of carboxylic acid groups (broad SMARTS) is 1. The lowest BCUT2D eigenvalue weighted by Gasteiger charge is -2.16. The number of oxazole rings is 1. The molecule has 1 saturated heterocycles. The van der Waals surface area contributed by atoms with Crippen molar-refractivity contribution in [3.8, 4) is 0 Å². The maximum absolute atomic E-state index is 10.6. The molecule has 0 amide bonds. The zero-order valence-electron chi connectivity index (χ0n) is 12.1. The number of carboxylic acids is 1. The summed E-state index contributed by atoms with van der Waals surface area (Å²) in [6.07, 6.45) is -3.95. The van der Waals surface area contributed by atoms with Crippen molar-refractivity contribution in [2.24, 2.45) is 0 Å². The van der Waals surface area contributed by atoms with E-state index in [1.165, 1.54) is 0 Å². The van der Waals surface area contributed by atoms with Gasteiger partial charge >= 0.3 is 12.1 Å². The Morgan fingerprint density at radius 2 is 1.96 bits per heavy atom. The van der Waals surface area contributed by atoms with Crippen LogP contribution in [-0.2, 0) is 4.79 Å². The third kappa shape index (κ3) is 4.85. The van der Waals surface area contributed by atoms with E-state index in [9.17, 15) is 13.2 Å². The predicted molar refractivity (Wildman–Crippen MR) is 77.4 cm³/mol. The van der Waals surface area contributed by atoms with Gasteiger partial charge in [0.2, 0.25) is 0 Å². The number of para-hydroxylation sites is 2. The Kier molecular flexibility index (Phi) is 5.43. The van der Waals surface area contributed by atoms with Crippen molar-refractivity contribution in [3.63, 3.8) is 0 Å². The highest BCUT2D eigenvalue weighted by atomic mass is 19.4. The first-order valence-electron chi connectivity index (χ1n) is 6.99. The Labute approximate surface area is 129 Å². The molecule has 3 rings (SSSR count). The fraction of sp³-hybridized carbons (Fsp3) is 0.429. The molecule has 1 aromatic carbocycles. The molecule has 2 heterocycles. The van der Waals surface area contributed by atoms with Crippen molar-refractivity contribution >= 4 is 23.1 Å². The monoisotopic (exact) mass is 331 g/mol. The first kappa shape index (κ1) is 17.1. The highest BCUT2D eigenvalue weighted by Crippen LogP contribution is 2.21. The maximum Gasteiger partial charge on any atom is 0.490 e. The fourth-order valence-electron chi connectivity index (χ4n) is 2.03. The van der Waals surface area contributed by atoms with Crippen molar-refractivity contribution in [2.45, 2.75) is 12.6 Å². The molecular formula is C14H16F3N3O3. The lowest BCUT2D eigenvalue weighted by molar-refractivity contribution is -0.192. The van der Waals surface area contributed by atoms with Crippen LogP contribution in [0, 0.1) is 0 Å². The Balaban J connectivity index is 0.000000236. The summed E-state index contributed by atoms with van der Waals surface area (Å²) in [4.78, 5) is 15.6. The van der Waals surface area contributed by atoms with Crippen LogP contribution < -0.4 is 10.2 Å². The normalized spacial score (nSPS) is 15.7. The second-order valence-electron chi connectivity index (χ2n) is 4.86. The Bertz CT molecular complexity index is 616. The fourth-order valence-corrected chi connectivity index (χ4v) is 2.03. The first-order valence-corrected chi connectivity index (χ1v) is 6.99. The summed E-state index contributed by atoms with van der Waals surface area (Å²) in [5.74, 6) is -2.76. The van der Waals surface area contributed by atoms with E-state index in [2.05, 4.69) is 15.2 Å². The minimum atomic E-state index is -5.08. The number of nitrogens with zero attached hydrogens (tertiary/aromatic N) is 2. The summed E-state index contributed by atoms with van der Waals surface area (Å²) in [5, 5.41) is 10.5. The molecule has 9 heteroatoms. The summed E-state index contributed by atoms with van der Waals surface area (Å²) in [6, 6.07) is 8.66. The molecule has 0 radical (unpaired) electrons. The largest absolute Gasteiger partial charge is 0.490 e. The number of hydrogen-bond acceptors (Lipinski definition) is 5. The molecule has 0 bridgehead atoms. The molecule has 1 aliphatic rings. The number of nitrogens with one attached hydrogen (secondary N) is 1. The van der Waals surface area contributed by atoms with Crippen LogP contribution >= 0.6 is 0 Å². The highest BCUT2D eigenvalue weighted by Gasteiger charge is 2.38. The van der Waals surface area contributed by atoms with Gasteiger partial charge in [0.05, 0.1) is 0 Å². The Morgan fingerprint density at radius 3 is 2.61 bits per heavy atom. The van der Waals surface area contributed by atoms with Gasteiger partial charge < -0.3 is 19.7 Å².